The molecule has 1 rings (SSSR count). The number of aliphatic carboxylic acids is 1. The number of carbonyl (C=O) groups is 2. The second-order valence-electron chi connectivity index (χ2n) is 3.58. The fourth-order valence-corrected chi connectivity index (χ4v) is 1.51. The topological polar surface area (TPSA) is 62.5 Å². The van der Waals surface area contributed by atoms with Crippen LogP contribution >= 0.6 is 11.6 Å². The van der Waals surface area contributed by atoms with Crippen LogP contribution in [0.4, 0.5) is 0 Å². The molecular formula is C10H13ClN2O3. The van der Waals surface area contributed by atoms with Crippen LogP contribution in [0.3, 0.4) is 0 Å². The van der Waals surface area contributed by atoms with Crippen molar-refractivity contribution in [2.45, 2.75) is 13.0 Å². The van der Waals surface area contributed by atoms with Gasteiger partial charge < -0.3 is 14.6 Å². The van der Waals surface area contributed by atoms with E-state index < -0.39 is 12.0 Å². The number of rotatable bonds is 3. The smallest absolute Gasteiger partial charge is 0.326 e. The molecule has 0 radical (unpaired) electrons. The highest BCUT2D eigenvalue weighted by Crippen LogP contribution is 2.15. The van der Waals surface area contributed by atoms with E-state index in [1.165, 1.54) is 20.0 Å². The molecule has 1 amide bonds. The summed E-state index contributed by atoms with van der Waals surface area (Å²) in [5, 5.41) is 9.24. The Balaban J connectivity index is 2.94. The van der Waals surface area contributed by atoms with Crippen LogP contribution in [0.1, 0.15) is 17.4 Å². The Morgan fingerprint density at radius 1 is 1.56 bits per heavy atom. The third-order valence-electron chi connectivity index (χ3n) is 2.45. The normalized spacial score (nSPS) is 12.2. The van der Waals surface area contributed by atoms with Gasteiger partial charge in [0.15, 0.2) is 0 Å². The molecule has 0 saturated carbocycles. The minimum atomic E-state index is -1.05. The van der Waals surface area contributed by atoms with Gasteiger partial charge in [0, 0.05) is 20.3 Å². The minimum absolute atomic E-state index is 0.362. The zero-order chi connectivity index (χ0) is 12.5. The molecule has 16 heavy (non-hydrogen) atoms. The lowest BCUT2D eigenvalue weighted by molar-refractivity contribution is -0.141. The van der Waals surface area contributed by atoms with Crippen molar-refractivity contribution in [1.82, 2.24) is 9.47 Å². The first-order chi connectivity index (χ1) is 7.34. The zero-order valence-corrected chi connectivity index (χ0v) is 10.0. The molecule has 5 nitrogen and oxygen atoms in total. The molecule has 1 aromatic heterocycles. The molecule has 6 heteroatoms. The molecule has 0 aliphatic carbocycles. The maximum Gasteiger partial charge on any atom is 0.326 e. The molecule has 1 heterocycles. The maximum atomic E-state index is 11.9. The molecule has 0 saturated heterocycles. The number of aryl methyl sites for hydroxylation is 1. The lowest BCUT2D eigenvalue weighted by atomic mass is 10.2. The number of carbonyl (C=O) groups excluding carboxylic acids is 1. The molecule has 0 bridgehead atoms. The third-order valence-corrected chi connectivity index (χ3v) is 2.66. The van der Waals surface area contributed by atoms with Crippen molar-refractivity contribution in [2.24, 2.45) is 7.05 Å². The summed E-state index contributed by atoms with van der Waals surface area (Å²) >= 11 is 5.75. The molecule has 0 aliphatic rings. The van der Waals surface area contributed by atoms with Gasteiger partial charge in [-0.15, -0.1) is 0 Å². The Kier molecular flexibility index (Phi) is 3.59. The summed E-state index contributed by atoms with van der Waals surface area (Å²) in [5.74, 6) is -1.42. The van der Waals surface area contributed by atoms with Gasteiger partial charge in [-0.2, -0.15) is 0 Å². The van der Waals surface area contributed by atoms with Crippen LogP contribution in [-0.2, 0) is 11.8 Å². The molecule has 0 aromatic carbocycles. The molecule has 0 aliphatic heterocycles. The lowest BCUT2D eigenvalue weighted by Gasteiger charge is -2.21. The number of hydrogen-bond donors (Lipinski definition) is 1. The quantitative estimate of drug-likeness (QED) is 0.870. The Hall–Kier alpha value is -1.49. The molecule has 88 valence electrons. The minimum Gasteiger partial charge on any atom is -0.480 e. The summed E-state index contributed by atoms with van der Waals surface area (Å²) in [6, 6.07) is 0.635. The number of likely N-dealkylation sites (N-methyl/N-ethyl adjacent to an activating group) is 1. The highest BCUT2D eigenvalue weighted by atomic mass is 35.5. The highest BCUT2D eigenvalue weighted by molar-refractivity contribution is 6.31. The Bertz CT molecular complexity index is 428. The summed E-state index contributed by atoms with van der Waals surface area (Å²) in [4.78, 5) is 23.8. The predicted octanol–water partition coefficient (Wildman–Crippen LogP) is 1.22. The van der Waals surface area contributed by atoms with Crippen LogP contribution in [0.2, 0.25) is 5.02 Å². The van der Waals surface area contributed by atoms with Gasteiger partial charge in [-0.25, -0.2) is 4.79 Å². The van der Waals surface area contributed by atoms with Gasteiger partial charge in [-0.05, 0) is 13.0 Å². The van der Waals surface area contributed by atoms with Crippen molar-refractivity contribution in [3.8, 4) is 0 Å². The summed E-state index contributed by atoms with van der Waals surface area (Å²) < 4.78 is 1.57. The monoisotopic (exact) mass is 244 g/mol. The zero-order valence-electron chi connectivity index (χ0n) is 9.27. The van der Waals surface area contributed by atoms with Crippen molar-refractivity contribution < 1.29 is 14.7 Å². The van der Waals surface area contributed by atoms with E-state index in [1.54, 1.807) is 17.8 Å². The van der Waals surface area contributed by atoms with Crippen molar-refractivity contribution in [3.63, 3.8) is 0 Å². The maximum absolute atomic E-state index is 11.9. The fourth-order valence-electron chi connectivity index (χ4n) is 1.26. The van der Waals surface area contributed by atoms with Crippen molar-refractivity contribution in [1.29, 1.82) is 0 Å². The number of carboxylic acid groups (broad SMARTS) is 1. The first-order valence-electron chi connectivity index (χ1n) is 4.66. The number of amides is 1. The summed E-state index contributed by atoms with van der Waals surface area (Å²) in [6.07, 6.45) is 1.59. The van der Waals surface area contributed by atoms with E-state index in [1.807, 2.05) is 0 Å². The molecule has 1 aromatic rings. The largest absolute Gasteiger partial charge is 0.480 e. The molecule has 0 fully saturated rings. The third kappa shape index (κ3) is 2.36. The van der Waals surface area contributed by atoms with E-state index >= 15 is 0 Å². The molecule has 1 atom stereocenters. The van der Waals surface area contributed by atoms with E-state index in [-0.39, 0.29) is 5.91 Å². The fraction of sp³-hybridized carbons (Fsp3) is 0.400. The number of nitrogens with zero attached hydrogens (tertiary/aromatic N) is 2. The summed E-state index contributed by atoms with van der Waals surface area (Å²) in [7, 11) is 3.13. The highest BCUT2D eigenvalue weighted by Gasteiger charge is 2.24. The van der Waals surface area contributed by atoms with E-state index in [0.717, 1.165) is 4.90 Å². The van der Waals surface area contributed by atoms with Crippen LogP contribution in [-0.4, -0.2) is 39.5 Å². The van der Waals surface area contributed by atoms with Crippen LogP contribution in [0.15, 0.2) is 12.3 Å². The van der Waals surface area contributed by atoms with Gasteiger partial charge in [0.2, 0.25) is 0 Å². The van der Waals surface area contributed by atoms with Crippen molar-refractivity contribution in [3.05, 3.63) is 23.0 Å². The van der Waals surface area contributed by atoms with E-state index in [9.17, 15) is 9.59 Å². The number of hydrogen-bond acceptors (Lipinski definition) is 2. The van der Waals surface area contributed by atoms with E-state index in [4.69, 9.17) is 16.7 Å². The first-order valence-corrected chi connectivity index (χ1v) is 5.04. The van der Waals surface area contributed by atoms with Gasteiger partial charge in [0.05, 0.1) is 5.02 Å². The first kappa shape index (κ1) is 12.6. The molecule has 1 N–H and O–H groups in total. The van der Waals surface area contributed by atoms with Crippen molar-refractivity contribution in [2.75, 3.05) is 7.05 Å². The van der Waals surface area contributed by atoms with Crippen LogP contribution in [0.25, 0.3) is 0 Å². The molecule has 0 spiro atoms. The van der Waals surface area contributed by atoms with Gasteiger partial charge in [0.1, 0.15) is 11.7 Å². The van der Waals surface area contributed by atoms with Crippen LogP contribution < -0.4 is 0 Å². The SMILES string of the molecule is CC(C(=O)O)N(C)C(=O)c1cc(Cl)cn1C. The van der Waals surface area contributed by atoms with Crippen LogP contribution in [0.5, 0.6) is 0 Å². The number of carboxylic acids is 1. The Labute approximate surface area is 98.2 Å². The summed E-state index contributed by atoms with van der Waals surface area (Å²) in [5.41, 5.74) is 0.362. The van der Waals surface area contributed by atoms with E-state index in [0.29, 0.717) is 10.7 Å². The lowest BCUT2D eigenvalue weighted by Crippen LogP contribution is -2.40. The number of halogens is 1. The summed E-state index contributed by atoms with van der Waals surface area (Å²) in [6.45, 7) is 1.45. The van der Waals surface area contributed by atoms with Gasteiger partial charge in [-0.3, -0.25) is 4.79 Å². The van der Waals surface area contributed by atoms with Gasteiger partial charge in [-0.1, -0.05) is 11.6 Å². The van der Waals surface area contributed by atoms with Crippen molar-refractivity contribution >= 4 is 23.5 Å². The van der Waals surface area contributed by atoms with Gasteiger partial charge in [0.25, 0.3) is 5.91 Å². The number of aromatic nitrogens is 1. The molecular weight excluding hydrogens is 232 g/mol. The van der Waals surface area contributed by atoms with E-state index in [2.05, 4.69) is 0 Å². The Morgan fingerprint density at radius 3 is 2.50 bits per heavy atom. The molecule has 1 unspecified atom stereocenters. The van der Waals surface area contributed by atoms with Crippen LogP contribution in [0, 0.1) is 0 Å². The standard InChI is InChI=1S/C10H13ClN2O3/c1-6(10(15)16)13(3)9(14)8-4-7(11)5-12(8)2/h4-6H,1-3H3,(H,15,16). The second-order valence-corrected chi connectivity index (χ2v) is 4.02. The Morgan fingerprint density at radius 2 is 2.12 bits per heavy atom. The average molecular weight is 245 g/mol. The van der Waals surface area contributed by atoms with Gasteiger partial charge >= 0.3 is 5.97 Å². The second kappa shape index (κ2) is 4.57. The average Bonchev–Trinajstić information content (AvgIpc) is 2.54. The predicted molar refractivity (Wildman–Crippen MR) is 59.6 cm³/mol.